The maximum absolute atomic E-state index is 5.82. The average Bonchev–Trinajstić information content (AvgIpc) is 3.04. The van der Waals surface area contributed by atoms with Gasteiger partial charge in [0.2, 0.25) is 0 Å². The van der Waals surface area contributed by atoms with Crippen LogP contribution in [0.2, 0.25) is 0 Å². The number of fused-ring (bicyclic) bond motifs is 1. The number of anilines is 1. The molecule has 0 bridgehead atoms. The van der Waals surface area contributed by atoms with E-state index in [0.29, 0.717) is 6.10 Å². The number of nitrogens with one attached hydrogen (secondary N) is 1. The molecule has 0 aromatic carbocycles. The minimum atomic E-state index is 0.307. The molecule has 1 saturated heterocycles. The van der Waals surface area contributed by atoms with E-state index in [4.69, 9.17) is 14.7 Å². The molecule has 1 atom stereocenters. The molecule has 0 amide bonds. The van der Waals surface area contributed by atoms with Gasteiger partial charge < -0.3 is 15.0 Å². The molecule has 2 aliphatic rings. The Balaban J connectivity index is 1.72. The lowest BCUT2D eigenvalue weighted by Crippen LogP contribution is -2.30. The fourth-order valence-corrected chi connectivity index (χ4v) is 3.65. The van der Waals surface area contributed by atoms with E-state index in [1.165, 1.54) is 5.56 Å². The van der Waals surface area contributed by atoms with Crippen molar-refractivity contribution >= 4 is 5.82 Å². The Labute approximate surface area is 148 Å². The molecule has 0 saturated carbocycles. The smallest absolute Gasteiger partial charge is 0.163 e. The van der Waals surface area contributed by atoms with Gasteiger partial charge in [-0.2, -0.15) is 0 Å². The van der Waals surface area contributed by atoms with E-state index in [-0.39, 0.29) is 0 Å². The van der Waals surface area contributed by atoms with Crippen molar-refractivity contribution in [1.29, 1.82) is 0 Å². The van der Waals surface area contributed by atoms with Crippen LogP contribution in [0, 0.1) is 0 Å². The lowest BCUT2D eigenvalue weighted by Gasteiger charge is -2.25. The molecular formula is C19H25N5O. The number of ether oxygens (including phenoxy) is 1. The zero-order valence-electron chi connectivity index (χ0n) is 14.7. The van der Waals surface area contributed by atoms with Crippen molar-refractivity contribution in [2.75, 3.05) is 38.2 Å². The first-order chi connectivity index (χ1) is 12.3. The first-order valence-corrected chi connectivity index (χ1v) is 9.15. The Morgan fingerprint density at radius 1 is 1.28 bits per heavy atom. The van der Waals surface area contributed by atoms with Gasteiger partial charge in [0.05, 0.1) is 11.8 Å². The van der Waals surface area contributed by atoms with Crippen molar-refractivity contribution in [1.82, 2.24) is 20.3 Å². The van der Waals surface area contributed by atoms with E-state index in [2.05, 4.69) is 22.2 Å². The number of pyridine rings is 1. The monoisotopic (exact) mass is 339 g/mol. The normalized spacial score (nSPS) is 20.1. The molecule has 0 spiro atoms. The highest BCUT2D eigenvalue weighted by molar-refractivity contribution is 5.60. The largest absolute Gasteiger partial charge is 0.376 e. The van der Waals surface area contributed by atoms with Gasteiger partial charge in [-0.25, -0.2) is 9.97 Å². The first kappa shape index (κ1) is 16.4. The summed E-state index contributed by atoms with van der Waals surface area (Å²) in [5.74, 6) is 1.81. The number of aromatic nitrogens is 3. The number of likely N-dealkylation sites (N-methyl/N-ethyl adjacent to an activating group) is 1. The van der Waals surface area contributed by atoms with Crippen LogP contribution in [0.3, 0.4) is 0 Å². The summed E-state index contributed by atoms with van der Waals surface area (Å²) in [5.41, 5.74) is 3.40. The van der Waals surface area contributed by atoms with E-state index in [1.54, 1.807) is 6.20 Å². The predicted octanol–water partition coefficient (Wildman–Crippen LogP) is 1.84. The maximum atomic E-state index is 5.82. The third-order valence-corrected chi connectivity index (χ3v) is 4.94. The standard InChI is InChI=1S/C19H25N5O/c1-24(13-15-5-3-11-25-15)19-16-6-9-20-10-7-17(16)22-18(23-19)14-4-2-8-21-12-14/h2,4,8,12,15,20H,3,5-7,9-11,13H2,1H3. The van der Waals surface area contributed by atoms with Crippen molar-refractivity contribution < 1.29 is 4.74 Å². The van der Waals surface area contributed by atoms with Crippen LogP contribution in [0.4, 0.5) is 5.82 Å². The van der Waals surface area contributed by atoms with Gasteiger partial charge in [0, 0.05) is 56.7 Å². The van der Waals surface area contributed by atoms with E-state index < -0.39 is 0 Å². The Bertz CT molecular complexity index is 715. The lowest BCUT2D eigenvalue weighted by molar-refractivity contribution is 0.116. The Hall–Kier alpha value is -2.05. The Morgan fingerprint density at radius 3 is 3.00 bits per heavy atom. The van der Waals surface area contributed by atoms with Crippen LogP contribution >= 0.6 is 0 Å². The third-order valence-electron chi connectivity index (χ3n) is 4.94. The summed E-state index contributed by atoms with van der Waals surface area (Å²) in [6.45, 7) is 3.70. The summed E-state index contributed by atoms with van der Waals surface area (Å²) in [7, 11) is 2.12. The fraction of sp³-hybridized carbons (Fsp3) is 0.526. The van der Waals surface area contributed by atoms with Crippen molar-refractivity contribution in [3.05, 3.63) is 35.8 Å². The van der Waals surface area contributed by atoms with Crippen LogP contribution in [0.25, 0.3) is 11.4 Å². The van der Waals surface area contributed by atoms with Crippen LogP contribution in [-0.2, 0) is 17.6 Å². The molecule has 6 heteroatoms. The van der Waals surface area contributed by atoms with Gasteiger partial charge in [-0.05, 0) is 37.9 Å². The number of hydrogen-bond acceptors (Lipinski definition) is 6. The minimum Gasteiger partial charge on any atom is -0.376 e. The van der Waals surface area contributed by atoms with Gasteiger partial charge >= 0.3 is 0 Å². The number of rotatable bonds is 4. The Morgan fingerprint density at radius 2 is 2.20 bits per heavy atom. The Kier molecular flexibility index (Phi) is 4.90. The molecule has 1 unspecified atom stereocenters. The minimum absolute atomic E-state index is 0.307. The molecule has 0 radical (unpaired) electrons. The molecule has 0 aliphatic carbocycles. The predicted molar refractivity (Wildman–Crippen MR) is 97.8 cm³/mol. The van der Waals surface area contributed by atoms with Gasteiger partial charge in [0.25, 0.3) is 0 Å². The second-order valence-electron chi connectivity index (χ2n) is 6.80. The summed E-state index contributed by atoms with van der Waals surface area (Å²) < 4.78 is 5.82. The summed E-state index contributed by atoms with van der Waals surface area (Å²) in [5, 5.41) is 3.47. The van der Waals surface area contributed by atoms with Crippen molar-refractivity contribution in [3.63, 3.8) is 0 Å². The van der Waals surface area contributed by atoms with Crippen LogP contribution in [0.15, 0.2) is 24.5 Å². The van der Waals surface area contributed by atoms with E-state index in [0.717, 1.165) is 74.8 Å². The molecule has 132 valence electrons. The lowest BCUT2D eigenvalue weighted by atomic mass is 10.1. The van der Waals surface area contributed by atoms with Crippen molar-refractivity contribution in [2.45, 2.75) is 31.8 Å². The SMILES string of the molecule is CN(CC1CCCO1)c1nc(-c2cccnc2)nc2c1CCNCC2. The summed E-state index contributed by atoms with van der Waals surface area (Å²) in [6.07, 6.45) is 8.11. The van der Waals surface area contributed by atoms with Gasteiger partial charge in [-0.3, -0.25) is 4.98 Å². The van der Waals surface area contributed by atoms with Crippen molar-refractivity contribution in [3.8, 4) is 11.4 Å². The van der Waals surface area contributed by atoms with E-state index >= 15 is 0 Å². The molecule has 2 aliphatic heterocycles. The van der Waals surface area contributed by atoms with E-state index in [9.17, 15) is 0 Å². The highest BCUT2D eigenvalue weighted by atomic mass is 16.5. The molecule has 4 rings (SSSR count). The van der Waals surface area contributed by atoms with Gasteiger partial charge in [0.15, 0.2) is 5.82 Å². The average molecular weight is 339 g/mol. The third kappa shape index (κ3) is 3.65. The van der Waals surface area contributed by atoms with Crippen LogP contribution in [0.1, 0.15) is 24.1 Å². The maximum Gasteiger partial charge on any atom is 0.163 e. The molecule has 1 fully saturated rings. The number of nitrogens with zero attached hydrogens (tertiary/aromatic N) is 4. The van der Waals surface area contributed by atoms with Gasteiger partial charge in [-0.15, -0.1) is 0 Å². The molecule has 6 nitrogen and oxygen atoms in total. The zero-order valence-corrected chi connectivity index (χ0v) is 14.7. The first-order valence-electron chi connectivity index (χ1n) is 9.15. The van der Waals surface area contributed by atoms with Crippen LogP contribution in [-0.4, -0.2) is 54.3 Å². The molecular weight excluding hydrogens is 314 g/mol. The molecule has 25 heavy (non-hydrogen) atoms. The summed E-state index contributed by atoms with van der Waals surface area (Å²) >= 11 is 0. The molecule has 2 aromatic heterocycles. The second-order valence-corrected chi connectivity index (χ2v) is 6.80. The quantitative estimate of drug-likeness (QED) is 0.917. The second kappa shape index (κ2) is 7.45. The van der Waals surface area contributed by atoms with Gasteiger partial charge in [0.1, 0.15) is 5.82 Å². The summed E-state index contributed by atoms with van der Waals surface area (Å²) in [6, 6.07) is 3.95. The highest BCUT2D eigenvalue weighted by Crippen LogP contribution is 2.27. The molecule has 2 aromatic rings. The van der Waals surface area contributed by atoms with Crippen LogP contribution in [0.5, 0.6) is 0 Å². The topological polar surface area (TPSA) is 63.2 Å². The number of hydrogen-bond donors (Lipinski definition) is 1. The van der Waals surface area contributed by atoms with Crippen LogP contribution < -0.4 is 10.2 Å². The molecule has 1 N–H and O–H groups in total. The van der Waals surface area contributed by atoms with E-state index in [1.807, 2.05) is 18.3 Å². The van der Waals surface area contributed by atoms with Gasteiger partial charge in [-0.1, -0.05) is 0 Å². The zero-order chi connectivity index (χ0) is 17.1. The summed E-state index contributed by atoms with van der Waals surface area (Å²) in [4.78, 5) is 16.3. The fourth-order valence-electron chi connectivity index (χ4n) is 3.65. The highest BCUT2D eigenvalue weighted by Gasteiger charge is 2.23. The molecule has 4 heterocycles. The van der Waals surface area contributed by atoms with Crippen molar-refractivity contribution in [2.24, 2.45) is 0 Å².